The fraction of sp³-hybridized carbons (Fsp3) is 0.333. The number of carbonyl (C=O) groups is 2. The average molecular weight is 386 g/mol. The van der Waals surface area contributed by atoms with Crippen molar-refractivity contribution in [3.05, 3.63) is 53.6 Å². The van der Waals surface area contributed by atoms with Gasteiger partial charge in [0, 0.05) is 18.2 Å². The van der Waals surface area contributed by atoms with E-state index >= 15 is 0 Å². The lowest BCUT2D eigenvalue weighted by atomic mass is 10.1. The number of amides is 2. The zero-order valence-electron chi connectivity index (χ0n) is 16.6. The molecule has 0 bridgehead atoms. The topological polar surface area (TPSA) is 89.8 Å². The summed E-state index contributed by atoms with van der Waals surface area (Å²) in [6, 6.07) is 8.18. The summed E-state index contributed by atoms with van der Waals surface area (Å²) in [5.74, 6) is 1.02. The zero-order chi connectivity index (χ0) is 20.5. The smallest absolute Gasteiger partial charge is 0.267 e. The molecule has 150 valence electrons. The molecule has 7 heteroatoms. The van der Waals surface area contributed by atoms with Crippen LogP contribution >= 0.6 is 0 Å². The first kappa shape index (κ1) is 21.1. The van der Waals surface area contributed by atoms with Crippen LogP contribution in [0.1, 0.15) is 36.4 Å². The van der Waals surface area contributed by atoms with Crippen molar-refractivity contribution in [3.63, 3.8) is 0 Å². The van der Waals surface area contributed by atoms with Crippen molar-refractivity contribution < 1.29 is 23.5 Å². The summed E-state index contributed by atoms with van der Waals surface area (Å²) in [5, 5.41) is 5.47. The number of methoxy groups -OCH3 is 2. The summed E-state index contributed by atoms with van der Waals surface area (Å²) < 4.78 is 15.7. The van der Waals surface area contributed by atoms with E-state index in [0.29, 0.717) is 35.3 Å². The highest BCUT2D eigenvalue weighted by Crippen LogP contribution is 2.27. The molecule has 0 unspecified atom stereocenters. The largest absolute Gasteiger partial charge is 0.493 e. The Kier molecular flexibility index (Phi) is 7.68. The molecule has 1 aromatic heterocycles. The summed E-state index contributed by atoms with van der Waals surface area (Å²) in [7, 11) is 3.01. The molecule has 0 saturated heterocycles. The first-order valence-electron chi connectivity index (χ1n) is 9.01. The lowest BCUT2D eigenvalue weighted by Gasteiger charge is -2.13. The van der Waals surface area contributed by atoms with Crippen molar-refractivity contribution in [2.24, 2.45) is 5.92 Å². The van der Waals surface area contributed by atoms with E-state index in [4.69, 9.17) is 13.9 Å². The Labute approximate surface area is 164 Å². The molecule has 0 saturated carbocycles. The second-order valence-electron chi connectivity index (χ2n) is 6.54. The lowest BCUT2D eigenvalue weighted by Crippen LogP contribution is -2.35. The Morgan fingerprint density at radius 1 is 1.14 bits per heavy atom. The van der Waals surface area contributed by atoms with Crippen molar-refractivity contribution in [2.45, 2.75) is 20.3 Å². The predicted molar refractivity (Wildman–Crippen MR) is 106 cm³/mol. The third kappa shape index (κ3) is 5.90. The van der Waals surface area contributed by atoms with Crippen LogP contribution in [0.15, 0.2) is 46.7 Å². The number of ether oxygens (including phenoxy) is 2. The molecule has 0 aliphatic heterocycles. The summed E-state index contributed by atoms with van der Waals surface area (Å²) in [6.07, 6.45) is 3.82. The maximum absolute atomic E-state index is 12.7. The van der Waals surface area contributed by atoms with Crippen LogP contribution in [0.2, 0.25) is 0 Å². The first-order valence-corrected chi connectivity index (χ1v) is 9.01. The molecule has 1 heterocycles. The molecule has 2 N–H and O–H groups in total. The first-order chi connectivity index (χ1) is 13.4. The Morgan fingerprint density at radius 2 is 1.89 bits per heavy atom. The van der Waals surface area contributed by atoms with Crippen LogP contribution in [-0.4, -0.2) is 32.6 Å². The molecule has 0 aliphatic carbocycles. The summed E-state index contributed by atoms with van der Waals surface area (Å²) in [6.45, 7) is 4.66. The summed E-state index contributed by atoms with van der Waals surface area (Å²) in [4.78, 5) is 25.2. The summed E-state index contributed by atoms with van der Waals surface area (Å²) >= 11 is 0. The molecule has 1 aromatic carbocycles. The van der Waals surface area contributed by atoms with Gasteiger partial charge in [-0.05, 0) is 42.7 Å². The highest BCUT2D eigenvalue weighted by atomic mass is 16.5. The number of carbonyl (C=O) groups excluding carboxylic acids is 2. The van der Waals surface area contributed by atoms with Gasteiger partial charge in [-0.1, -0.05) is 13.8 Å². The van der Waals surface area contributed by atoms with Crippen LogP contribution in [0.25, 0.3) is 6.08 Å². The molecular formula is C21H26N2O5. The molecule has 28 heavy (non-hydrogen) atoms. The van der Waals surface area contributed by atoms with Gasteiger partial charge in [-0.3, -0.25) is 9.59 Å². The van der Waals surface area contributed by atoms with Crippen molar-refractivity contribution >= 4 is 17.9 Å². The number of nitrogens with one attached hydrogen (secondary N) is 2. The lowest BCUT2D eigenvalue weighted by molar-refractivity contribution is -0.117. The van der Waals surface area contributed by atoms with Crippen LogP contribution in [0.4, 0.5) is 0 Å². The molecular weight excluding hydrogens is 360 g/mol. The third-order valence-corrected chi connectivity index (χ3v) is 3.98. The van der Waals surface area contributed by atoms with Crippen molar-refractivity contribution in [3.8, 4) is 11.5 Å². The minimum atomic E-state index is -0.447. The fourth-order valence-corrected chi connectivity index (χ4v) is 2.42. The summed E-state index contributed by atoms with van der Waals surface area (Å²) in [5.41, 5.74) is 0.427. The number of furan rings is 1. The molecule has 0 fully saturated rings. The standard InChI is InChI=1S/C21H26N2O5/c1-14(2)9-10-22-21(25)17(13-16-6-5-11-28-16)23-20(24)15-7-8-18(26-3)19(12-15)27-4/h5-8,11-14H,9-10H2,1-4H3,(H,22,25)(H,23,24)/b17-13-. The van der Waals surface area contributed by atoms with Gasteiger partial charge in [-0.2, -0.15) is 0 Å². The highest BCUT2D eigenvalue weighted by molar-refractivity contribution is 6.05. The van der Waals surface area contributed by atoms with E-state index in [1.54, 1.807) is 30.3 Å². The Morgan fingerprint density at radius 3 is 2.50 bits per heavy atom. The molecule has 2 aromatic rings. The molecule has 0 spiro atoms. The van der Waals surface area contributed by atoms with Crippen molar-refractivity contribution in [1.82, 2.24) is 10.6 Å². The van der Waals surface area contributed by atoms with Gasteiger partial charge in [0.05, 0.1) is 20.5 Å². The van der Waals surface area contributed by atoms with E-state index in [0.717, 1.165) is 6.42 Å². The average Bonchev–Trinajstić information content (AvgIpc) is 3.19. The number of rotatable bonds is 9. The van der Waals surface area contributed by atoms with Gasteiger partial charge >= 0.3 is 0 Å². The van der Waals surface area contributed by atoms with Gasteiger partial charge in [0.1, 0.15) is 11.5 Å². The van der Waals surface area contributed by atoms with E-state index in [1.165, 1.54) is 26.6 Å². The Hall–Kier alpha value is -3.22. The van der Waals surface area contributed by atoms with Crippen molar-refractivity contribution in [2.75, 3.05) is 20.8 Å². The van der Waals surface area contributed by atoms with Crippen LogP contribution in [0.5, 0.6) is 11.5 Å². The van der Waals surface area contributed by atoms with Gasteiger partial charge < -0.3 is 24.5 Å². The van der Waals surface area contributed by atoms with Crippen LogP contribution in [-0.2, 0) is 4.79 Å². The van der Waals surface area contributed by atoms with E-state index in [2.05, 4.69) is 24.5 Å². The molecule has 2 amide bonds. The van der Waals surface area contributed by atoms with Gasteiger partial charge in [0.2, 0.25) is 0 Å². The quantitative estimate of drug-likeness (QED) is 0.646. The van der Waals surface area contributed by atoms with Crippen LogP contribution in [0.3, 0.4) is 0 Å². The molecule has 0 radical (unpaired) electrons. The molecule has 0 atom stereocenters. The third-order valence-electron chi connectivity index (χ3n) is 3.98. The second kappa shape index (κ2) is 10.2. The highest BCUT2D eigenvalue weighted by Gasteiger charge is 2.17. The Bertz CT molecular complexity index is 825. The van der Waals surface area contributed by atoms with Crippen molar-refractivity contribution in [1.29, 1.82) is 0 Å². The normalized spacial score (nSPS) is 11.2. The van der Waals surface area contributed by atoms with Crippen LogP contribution < -0.4 is 20.1 Å². The predicted octanol–water partition coefficient (Wildman–Crippen LogP) is 3.23. The SMILES string of the molecule is COc1ccc(C(=O)N/C(=C\c2ccco2)C(=O)NCCC(C)C)cc1OC. The van der Waals surface area contributed by atoms with Gasteiger partial charge in [0.25, 0.3) is 11.8 Å². The van der Waals surface area contributed by atoms with Gasteiger partial charge in [0.15, 0.2) is 11.5 Å². The Balaban J connectivity index is 2.19. The fourth-order valence-electron chi connectivity index (χ4n) is 2.42. The molecule has 0 aliphatic rings. The molecule has 2 rings (SSSR count). The maximum Gasteiger partial charge on any atom is 0.267 e. The zero-order valence-corrected chi connectivity index (χ0v) is 16.6. The van der Waals surface area contributed by atoms with Crippen LogP contribution in [0, 0.1) is 5.92 Å². The monoisotopic (exact) mass is 386 g/mol. The van der Waals surface area contributed by atoms with E-state index < -0.39 is 5.91 Å². The van der Waals surface area contributed by atoms with E-state index in [-0.39, 0.29) is 11.6 Å². The minimum Gasteiger partial charge on any atom is -0.493 e. The minimum absolute atomic E-state index is 0.0958. The van der Waals surface area contributed by atoms with Gasteiger partial charge in [-0.15, -0.1) is 0 Å². The second-order valence-corrected chi connectivity index (χ2v) is 6.54. The number of hydrogen-bond donors (Lipinski definition) is 2. The van der Waals surface area contributed by atoms with E-state index in [1.807, 2.05) is 0 Å². The maximum atomic E-state index is 12.7. The van der Waals surface area contributed by atoms with E-state index in [9.17, 15) is 9.59 Å². The van der Waals surface area contributed by atoms with Gasteiger partial charge in [-0.25, -0.2) is 0 Å². The number of hydrogen-bond acceptors (Lipinski definition) is 5. The molecule has 7 nitrogen and oxygen atoms in total. The number of benzene rings is 1.